The van der Waals surface area contributed by atoms with Crippen LogP contribution in [0.2, 0.25) is 0 Å². The van der Waals surface area contributed by atoms with Crippen LogP contribution < -0.4 is 10.2 Å². The summed E-state index contributed by atoms with van der Waals surface area (Å²) >= 11 is 0. The van der Waals surface area contributed by atoms with Gasteiger partial charge in [-0.25, -0.2) is 9.18 Å². The molecule has 0 aromatic heterocycles. The zero-order chi connectivity index (χ0) is 21.7. The van der Waals surface area contributed by atoms with Crippen LogP contribution in [0.15, 0.2) is 48.5 Å². The lowest BCUT2D eigenvalue weighted by Gasteiger charge is -2.29. The van der Waals surface area contributed by atoms with E-state index >= 15 is 0 Å². The zero-order valence-electron chi connectivity index (χ0n) is 17.1. The molecule has 1 heterocycles. The lowest BCUT2D eigenvalue weighted by atomic mass is 10.0. The highest BCUT2D eigenvalue weighted by molar-refractivity contribution is 5.98. The number of aryl methyl sites for hydroxylation is 1. The molecule has 2 aromatic carbocycles. The summed E-state index contributed by atoms with van der Waals surface area (Å²) in [7, 11) is 0. The Bertz CT molecular complexity index is 944. The predicted octanol–water partition coefficient (Wildman–Crippen LogP) is 3.10. The van der Waals surface area contributed by atoms with E-state index in [-0.39, 0.29) is 17.4 Å². The van der Waals surface area contributed by atoms with Gasteiger partial charge in [0.05, 0.1) is 5.56 Å². The van der Waals surface area contributed by atoms with Gasteiger partial charge >= 0.3 is 5.97 Å². The minimum Gasteiger partial charge on any atom is -0.454 e. The number of nitrogens with one attached hydrogen (secondary N) is 1. The standard InChI is InChI=1S/C23H25FN2O4/c1-15(2)21(25-22(28)17-10-4-5-11-18(17)24)23(29)30-14-20(27)26-13-7-9-16-8-3-6-12-19(16)26/h3-6,8,10-12,15,21H,7,9,13-14H2,1-2H3,(H,25,28). The van der Waals surface area contributed by atoms with E-state index in [0.29, 0.717) is 6.54 Å². The molecule has 0 aliphatic carbocycles. The first-order valence-electron chi connectivity index (χ1n) is 9.98. The summed E-state index contributed by atoms with van der Waals surface area (Å²) in [5.41, 5.74) is 1.76. The van der Waals surface area contributed by atoms with Crippen LogP contribution in [0.25, 0.3) is 0 Å². The van der Waals surface area contributed by atoms with E-state index in [0.717, 1.165) is 24.1 Å². The van der Waals surface area contributed by atoms with Crippen molar-refractivity contribution in [2.24, 2.45) is 5.92 Å². The number of hydrogen-bond acceptors (Lipinski definition) is 4. The van der Waals surface area contributed by atoms with E-state index in [1.54, 1.807) is 18.7 Å². The van der Waals surface area contributed by atoms with Gasteiger partial charge in [0.15, 0.2) is 6.61 Å². The highest BCUT2D eigenvalue weighted by Crippen LogP contribution is 2.26. The highest BCUT2D eigenvalue weighted by Gasteiger charge is 2.29. The number of hydrogen-bond donors (Lipinski definition) is 1. The highest BCUT2D eigenvalue weighted by atomic mass is 19.1. The van der Waals surface area contributed by atoms with Gasteiger partial charge in [0.1, 0.15) is 11.9 Å². The van der Waals surface area contributed by atoms with E-state index in [4.69, 9.17) is 4.74 Å². The second-order valence-electron chi connectivity index (χ2n) is 7.56. The van der Waals surface area contributed by atoms with Crippen LogP contribution in [0.5, 0.6) is 0 Å². The third kappa shape index (κ3) is 4.84. The Kier molecular flexibility index (Phi) is 6.82. The average Bonchev–Trinajstić information content (AvgIpc) is 2.75. The van der Waals surface area contributed by atoms with Gasteiger partial charge in [-0.2, -0.15) is 0 Å². The number of fused-ring (bicyclic) bond motifs is 1. The number of rotatable bonds is 6. The van der Waals surface area contributed by atoms with Gasteiger partial charge in [-0.15, -0.1) is 0 Å². The van der Waals surface area contributed by atoms with Gasteiger partial charge in [0.2, 0.25) is 0 Å². The summed E-state index contributed by atoms with van der Waals surface area (Å²) in [5, 5.41) is 2.51. The summed E-state index contributed by atoms with van der Waals surface area (Å²) in [4.78, 5) is 39.2. The van der Waals surface area contributed by atoms with Crippen LogP contribution in [0.3, 0.4) is 0 Å². The summed E-state index contributed by atoms with van der Waals surface area (Å²) in [5.74, 6) is -2.74. The molecule has 1 atom stereocenters. The molecule has 158 valence electrons. The topological polar surface area (TPSA) is 75.7 Å². The molecule has 30 heavy (non-hydrogen) atoms. The number of para-hydroxylation sites is 1. The molecule has 0 spiro atoms. The minimum atomic E-state index is -1.00. The number of benzene rings is 2. The molecule has 2 amide bonds. The number of esters is 1. The van der Waals surface area contributed by atoms with E-state index < -0.39 is 30.3 Å². The van der Waals surface area contributed by atoms with Crippen molar-refractivity contribution >= 4 is 23.5 Å². The smallest absolute Gasteiger partial charge is 0.329 e. The van der Waals surface area contributed by atoms with Crippen LogP contribution >= 0.6 is 0 Å². The Morgan fingerprint density at radius 2 is 1.80 bits per heavy atom. The van der Waals surface area contributed by atoms with Crippen molar-refractivity contribution in [2.75, 3.05) is 18.1 Å². The number of carbonyl (C=O) groups is 3. The molecule has 0 fully saturated rings. The minimum absolute atomic E-state index is 0.156. The van der Waals surface area contributed by atoms with E-state index in [2.05, 4.69) is 5.32 Å². The van der Waals surface area contributed by atoms with Crippen molar-refractivity contribution in [3.05, 3.63) is 65.5 Å². The maximum absolute atomic E-state index is 13.8. The third-order valence-corrected chi connectivity index (χ3v) is 5.07. The number of amides is 2. The fourth-order valence-electron chi connectivity index (χ4n) is 3.46. The van der Waals surface area contributed by atoms with Crippen molar-refractivity contribution in [3.8, 4) is 0 Å². The normalized spacial score (nSPS) is 14.1. The quantitative estimate of drug-likeness (QED) is 0.740. The number of carbonyl (C=O) groups excluding carboxylic acids is 3. The molecule has 1 unspecified atom stereocenters. The van der Waals surface area contributed by atoms with Crippen molar-refractivity contribution in [1.82, 2.24) is 5.32 Å². The van der Waals surface area contributed by atoms with Crippen molar-refractivity contribution in [1.29, 1.82) is 0 Å². The van der Waals surface area contributed by atoms with Gasteiger partial charge in [-0.3, -0.25) is 9.59 Å². The molecule has 1 aliphatic rings. The van der Waals surface area contributed by atoms with Gasteiger partial charge in [0, 0.05) is 12.2 Å². The Labute approximate surface area is 175 Å². The first kappa shape index (κ1) is 21.5. The molecule has 1 N–H and O–H groups in total. The second-order valence-corrected chi connectivity index (χ2v) is 7.56. The van der Waals surface area contributed by atoms with Crippen LogP contribution in [-0.4, -0.2) is 37.0 Å². The van der Waals surface area contributed by atoms with Gasteiger partial charge < -0.3 is 15.0 Å². The number of ether oxygens (including phenoxy) is 1. The van der Waals surface area contributed by atoms with Crippen LogP contribution in [0, 0.1) is 11.7 Å². The van der Waals surface area contributed by atoms with Gasteiger partial charge in [0.25, 0.3) is 11.8 Å². The van der Waals surface area contributed by atoms with Gasteiger partial charge in [-0.05, 0) is 42.5 Å². The molecule has 3 rings (SSSR count). The largest absolute Gasteiger partial charge is 0.454 e. The number of nitrogens with zero attached hydrogens (tertiary/aromatic N) is 1. The fourth-order valence-corrected chi connectivity index (χ4v) is 3.46. The third-order valence-electron chi connectivity index (χ3n) is 5.07. The summed E-state index contributed by atoms with van der Waals surface area (Å²) in [6.45, 7) is 3.60. The molecule has 6 nitrogen and oxygen atoms in total. The van der Waals surface area contributed by atoms with E-state index in [1.807, 2.05) is 24.3 Å². The average molecular weight is 412 g/mol. The van der Waals surface area contributed by atoms with Crippen LogP contribution in [-0.2, 0) is 20.7 Å². The van der Waals surface area contributed by atoms with Crippen molar-refractivity contribution < 1.29 is 23.5 Å². The Morgan fingerprint density at radius 1 is 1.10 bits per heavy atom. The Morgan fingerprint density at radius 3 is 2.53 bits per heavy atom. The molecule has 0 saturated carbocycles. The first-order chi connectivity index (χ1) is 14.4. The zero-order valence-corrected chi connectivity index (χ0v) is 17.1. The summed E-state index contributed by atoms with van der Waals surface area (Å²) in [6, 6.07) is 12.2. The molecule has 0 radical (unpaired) electrons. The molecule has 0 saturated heterocycles. The van der Waals surface area contributed by atoms with Crippen molar-refractivity contribution in [2.45, 2.75) is 32.7 Å². The first-order valence-corrected chi connectivity index (χ1v) is 9.98. The molecule has 2 aromatic rings. The lowest BCUT2D eigenvalue weighted by Crippen LogP contribution is -2.47. The van der Waals surface area contributed by atoms with E-state index in [9.17, 15) is 18.8 Å². The second kappa shape index (κ2) is 9.52. The number of halogens is 1. The molecule has 0 bridgehead atoms. The maximum atomic E-state index is 13.8. The predicted molar refractivity (Wildman–Crippen MR) is 111 cm³/mol. The fraction of sp³-hybridized carbons (Fsp3) is 0.348. The Balaban J connectivity index is 1.63. The lowest BCUT2D eigenvalue weighted by molar-refractivity contribution is -0.150. The summed E-state index contributed by atoms with van der Waals surface area (Å²) in [6.07, 6.45) is 1.74. The van der Waals surface area contributed by atoms with E-state index in [1.165, 1.54) is 24.3 Å². The summed E-state index contributed by atoms with van der Waals surface area (Å²) < 4.78 is 19.1. The maximum Gasteiger partial charge on any atom is 0.329 e. The van der Waals surface area contributed by atoms with Crippen LogP contribution in [0.1, 0.15) is 36.2 Å². The molecular weight excluding hydrogens is 387 g/mol. The van der Waals surface area contributed by atoms with Crippen LogP contribution in [0.4, 0.5) is 10.1 Å². The molecule has 7 heteroatoms. The molecular formula is C23H25FN2O4. The van der Waals surface area contributed by atoms with Crippen molar-refractivity contribution in [3.63, 3.8) is 0 Å². The van der Waals surface area contributed by atoms with Gasteiger partial charge in [-0.1, -0.05) is 44.2 Å². The molecule has 1 aliphatic heterocycles. The Hall–Kier alpha value is -3.22. The monoisotopic (exact) mass is 412 g/mol. The number of anilines is 1. The SMILES string of the molecule is CC(C)C(NC(=O)c1ccccc1F)C(=O)OCC(=O)N1CCCc2ccccc21.